The normalized spacial score (nSPS) is 11.3. The summed E-state index contributed by atoms with van der Waals surface area (Å²) in [5.41, 5.74) is 2.80. The average Bonchev–Trinajstić information content (AvgIpc) is 2.82. The van der Waals surface area contributed by atoms with E-state index in [9.17, 15) is 10.1 Å². The molecule has 3 rings (SSSR count). The van der Waals surface area contributed by atoms with E-state index in [0.717, 1.165) is 22.6 Å². The summed E-state index contributed by atoms with van der Waals surface area (Å²) in [6.45, 7) is 0. The van der Waals surface area contributed by atoms with Crippen molar-refractivity contribution < 1.29 is 13.9 Å². The van der Waals surface area contributed by atoms with Gasteiger partial charge in [0.05, 0.1) is 11.0 Å². The van der Waals surface area contributed by atoms with Gasteiger partial charge in [-0.3, -0.25) is 10.1 Å². The molecule has 5 heteroatoms. The van der Waals surface area contributed by atoms with Crippen molar-refractivity contribution in [1.82, 2.24) is 0 Å². The number of nitrogens with zero attached hydrogens (tertiary/aromatic N) is 2. The van der Waals surface area contributed by atoms with Crippen LogP contribution in [0.25, 0.3) is 23.3 Å². The van der Waals surface area contributed by atoms with E-state index in [-0.39, 0.29) is 5.69 Å². The van der Waals surface area contributed by atoms with Gasteiger partial charge in [0.2, 0.25) is 5.58 Å². The minimum atomic E-state index is -0.410. The Hall–Kier alpha value is -2.95. The first kappa shape index (κ1) is 13.1. The maximum absolute atomic E-state index is 10.6. The number of rotatable bonds is 3. The molecule has 1 heterocycles. The summed E-state index contributed by atoms with van der Waals surface area (Å²) in [6.07, 6.45) is 3.71. The largest absolute Gasteiger partial charge is 0.398 e. The number of hydrogen-bond donors (Lipinski definition) is 0. The molecule has 0 aliphatic heterocycles. The molecular formula is C16H13N2O3+. The third-order valence-corrected chi connectivity index (χ3v) is 3.29. The van der Waals surface area contributed by atoms with Crippen LogP contribution in [0.3, 0.4) is 0 Å². The van der Waals surface area contributed by atoms with Gasteiger partial charge in [-0.2, -0.15) is 4.57 Å². The second-order valence-electron chi connectivity index (χ2n) is 4.65. The van der Waals surface area contributed by atoms with Gasteiger partial charge in [0, 0.05) is 18.2 Å². The van der Waals surface area contributed by atoms with Gasteiger partial charge in [-0.15, -0.1) is 0 Å². The Morgan fingerprint density at radius 2 is 1.81 bits per heavy atom. The molecule has 3 aromatic rings. The SMILES string of the molecule is C[n+]1c(/C=C/c2ccc([N+](=O)[O-])cc2)oc2ccccc21. The molecule has 0 saturated carbocycles. The smallest absolute Gasteiger partial charge is 0.373 e. The summed E-state index contributed by atoms with van der Waals surface area (Å²) in [4.78, 5) is 10.2. The summed E-state index contributed by atoms with van der Waals surface area (Å²) in [5, 5.41) is 10.6. The molecule has 1 aromatic heterocycles. The Morgan fingerprint density at radius 3 is 2.48 bits per heavy atom. The molecule has 0 N–H and O–H groups in total. The van der Waals surface area contributed by atoms with Crippen LogP contribution in [-0.4, -0.2) is 4.92 Å². The minimum Gasteiger partial charge on any atom is -0.398 e. The van der Waals surface area contributed by atoms with Crippen LogP contribution in [0, 0.1) is 10.1 Å². The van der Waals surface area contributed by atoms with Gasteiger partial charge in [0.1, 0.15) is 7.05 Å². The lowest BCUT2D eigenvalue weighted by atomic mass is 10.2. The van der Waals surface area contributed by atoms with Crippen LogP contribution in [0.1, 0.15) is 11.5 Å². The van der Waals surface area contributed by atoms with Crippen molar-refractivity contribution in [2.75, 3.05) is 0 Å². The Morgan fingerprint density at radius 1 is 1.10 bits per heavy atom. The Labute approximate surface area is 120 Å². The van der Waals surface area contributed by atoms with Crippen molar-refractivity contribution in [3.8, 4) is 0 Å². The highest BCUT2D eigenvalue weighted by atomic mass is 16.6. The lowest BCUT2D eigenvalue weighted by Gasteiger charge is -1.92. The number of nitro groups is 1. The standard InChI is InChI=1S/C16H13N2O3/c1-17-14-4-2-3-5-15(14)21-16(17)11-8-12-6-9-13(10-7-12)18(19)20/h2-11H,1H3/q+1/b11-8+. The summed E-state index contributed by atoms with van der Waals surface area (Å²) >= 11 is 0. The second kappa shape index (κ2) is 5.20. The summed E-state index contributed by atoms with van der Waals surface area (Å²) in [7, 11) is 1.93. The second-order valence-corrected chi connectivity index (χ2v) is 4.65. The number of non-ortho nitro benzene ring substituents is 1. The first-order valence-corrected chi connectivity index (χ1v) is 6.45. The van der Waals surface area contributed by atoms with E-state index in [0.29, 0.717) is 0 Å². The van der Waals surface area contributed by atoms with Gasteiger partial charge in [-0.1, -0.05) is 12.1 Å². The van der Waals surface area contributed by atoms with Crippen molar-refractivity contribution in [3.05, 3.63) is 70.1 Å². The molecule has 104 valence electrons. The molecule has 2 aromatic carbocycles. The molecule has 0 radical (unpaired) electrons. The molecule has 21 heavy (non-hydrogen) atoms. The molecule has 0 aliphatic carbocycles. The molecule has 0 spiro atoms. The van der Waals surface area contributed by atoms with Crippen LogP contribution in [-0.2, 0) is 7.05 Å². The molecule has 0 unspecified atom stereocenters. The minimum absolute atomic E-state index is 0.0847. The zero-order chi connectivity index (χ0) is 14.8. The maximum Gasteiger partial charge on any atom is 0.373 e. The van der Waals surface area contributed by atoms with Crippen molar-refractivity contribution in [2.24, 2.45) is 7.05 Å². The van der Waals surface area contributed by atoms with E-state index in [2.05, 4.69) is 0 Å². The molecular weight excluding hydrogens is 268 g/mol. The number of para-hydroxylation sites is 2. The zero-order valence-electron chi connectivity index (χ0n) is 11.4. The number of aryl methyl sites for hydroxylation is 1. The van der Waals surface area contributed by atoms with Crippen LogP contribution in [0.15, 0.2) is 52.9 Å². The van der Waals surface area contributed by atoms with Crippen LogP contribution < -0.4 is 4.57 Å². The highest BCUT2D eigenvalue weighted by Gasteiger charge is 2.15. The van der Waals surface area contributed by atoms with E-state index < -0.39 is 4.92 Å². The molecule has 0 atom stereocenters. The Bertz CT molecular complexity index is 832. The van der Waals surface area contributed by atoms with Crippen LogP contribution in [0.4, 0.5) is 5.69 Å². The Kier molecular flexibility index (Phi) is 3.23. The predicted molar refractivity (Wildman–Crippen MR) is 79.4 cm³/mol. The molecule has 0 bridgehead atoms. The highest BCUT2D eigenvalue weighted by molar-refractivity contribution is 5.72. The summed E-state index contributed by atoms with van der Waals surface area (Å²) < 4.78 is 7.71. The van der Waals surface area contributed by atoms with Crippen molar-refractivity contribution in [3.63, 3.8) is 0 Å². The first-order chi connectivity index (χ1) is 10.1. The van der Waals surface area contributed by atoms with E-state index >= 15 is 0 Å². The number of aromatic nitrogens is 1. The van der Waals surface area contributed by atoms with Crippen molar-refractivity contribution >= 4 is 28.9 Å². The van der Waals surface area contributed by atoms with Gasteiger partial charge < -0.3 is 4.42 Å². The van der Waals surface area contributed by atoms with Gasteiger partial charge >= 0.3 is 5.89 Å². The summed E-state index contributed by atoms with van der Waals surface area (Å²) in [6, 6.07) is 14.2. The predicted octanol–water partition coefficient (Wildman–Crippen LogP) is 3.34. The topological polar surface area (TPSA) is 60.2 Å². The van der Waals surface area contributed by atoms with Gasteiger partial charge in [-0.25, -0.2) is 0 Å². The molecule has 0 saturated heterocycles. The van der Waals surface area contributed by atoms with Gasteiger partial charge in [0.25, 0.3) is 11.2 Å². The molecule has 0 aliphatic rings. The number of benzene rings is 2. The quantitative estimate of drug-likeness (QED) is 0.420. The third-order valence-electron chi connectivity index (χ3n) is 3.29. The highest BCUT2D eigenvalue weighted by Crippen LogP contribution is 2.16. The number of hydrogen-bond acceptors (Lipinski definition) is 3. The van der Waals surface area contributed by atoms with Gasteiger partial charge in [-0.05, 0) is 29.8 Å². The van der Waals surface area contributed by atoms with E-state index in [1.165, 1.54) is 12.1 Å². The fourth-order valence-corrected chi connectivity index (χ4v) is 2.14. The number of nitro benzene ring substituents is 1. The van der Waals surface area contributed by atoms with Crippen LogP contribution in [0.2, 0.25) is 0 Å². The van der Waals surface area contributed by atoms with Crippen molar-refractivity contribution in [2.45, 2.75) is 0 Å². The Balaban J connectivity index is 1.90. The maximum atomic E-state index is 10.6. The third kappa shape index (κ3) is 2.53. The fraction of sp³-hybridized carbons (Fsp3) is 0.0625. The lowest BCUT2D eigenvalue weighted by Crippen LogP contribution is -2.29. The van der Waals surface area contributed by atoms with Crippen LogP contribution >= 0.6 is 0 Å². The fourth-order valence-electron chi connectivity index (χ4n) is 2.14. The van der Waals surface area contributed by atoms with E-state index in [1.54, 1.807) is 12.1 Å². The molecule has 0 amide bonds. The molecule has 0 fully saturated rings. The van der Waals surface area contributed by atoms with Crippen molar-refractivity contribution in [1.29, 1.82) is 0 Å². The molecule has 5 nitrogen and oxygen atoms in total. The van der Waals surface area contributed by atoms with Crippen LogP contribution in [0.5, 0.6) is 0 Å². The lowest BCUT2D eigenvalue weighted by molar-refractivity contribution is -0.651. The van der Waals surface area contributed by atoms with E-state index in [4.69, 9.17) is 4.42 Å². The number of fused-ring (bicyclic) bond motifs is 1. The summed E-state index contributed by atoms with van der Waals surface area (Å²) in [5.74, 6) is 0.717. The monoisotopic (exact) mass is 281 g/mol. The van der Waals surface area contributed by atoms with E-state index in [1.807, 2.05) is 48.0 Å². The zero-order valence-corrected chi connectivity index (χ0v) is 11.4. The van der Waals surface area contributed by atoms with Gasteiger partial charge in [0.15, 0.2) is 0 Å². The first-order valence-electron chi connectivity index (χ1n) is 6.45. The average molecular weight is 281 g/mol. The number of oxazole rings is 1.